The molecule has 3 rings (SSSR count). The highest BCUT2D eigenvalue weighted by Crippen LogP contribution is 2.60. The Balaban J connectivity index is 2.37. The monoisotopic (exact) mass is 458 g/mol. The molecule has 1 saturated heterocycles. The first-order valence-electron chi connectivity index (χ1n) is 11.0. The number of rotatable bonds is 8. The van der Waals surface area contributed by atoms with Gasteiger partial charge in [0.25, 0.3) is 5.69 Å². The Hall–Kier alpha value is -3.27. The molecule has 33 heavy (non-hydrogen) atoms. The van der Waals surface area contributed by atoms with E-state index >= 15 is 0 Å². The SMILES string of the molecule is CCC1(C(=O)O)C(Cc2ncc[nH]2)NC(C)C(C(=O)O)(C(C)C)C1c1cccc([N+](=O)[O-])c1. The molecule has 5 unspecified atom stereocenters. The molecule has 1 aliphatic rings. The van der Waals surface area contributed by atoms with Crippen LogP contribution in [0.3, 0.4) is 0 Å². The number of nitro groups is 1. The van der Waals surface area contributed by atoms with Gasteiger partial charge in [-0.25, -0.2) is 4.98 Å². The van der Waals surface area contributed by atoms with Crippen LogP contribution in [0.5, 0.6) is 0 Å². The van der Waals surface area contributed by atoms with E-state index in [0.29, 0.717) is 11.4 Å². The van der Waals surface area contributed by atoms with Gasteiger partial charge in [0.2, 0.25) is 0 Å². The molecule has 0 radical (unpaired) electrons. The van der Waals surface area contributed by atoms with E-state index in [2.05, 4.69) is 15.3 Å². The summed E-state index contributed by atoms with van der Waals surface area (Å²) >= 11 is 0. The summed E-state index contributed by atoms with van der Waals surface area (Å²) in [5, 5.41) is 36.1. The van der Waals surface area contributed by atoms with Crippen LogP contribution in [0.1, 0.15) is 51.4 Å². The summed E-state index contributed by atoms with van der Waals surface area (Å²) in [6, 6.07) is 4.43. The molecule has 1 aromatic carbocycles. The third-order valence-electron chi connectivity index (χ3n) is 7.46. The maximum atomic E-state index is 13.1. The Morgan fingerprint density at radius 2 is 1.97 bits per heavy atom. The van der Waals surface area contributed by atoms with Gasteiger partial charge in [-0.15, -0.1) is 0 Å². The summed E-state index contributed by atoms with van der Waals surface area (Å²) in [6.07, 6.45) is 3.56. The largest absolute Gasteiger partial charge is 0.481 e. The Morgan fingerprint density at radius 1 is 1.27 bits per heavy atom. The molecule has 178 valence electrons. The fourth-order valence-electron chi connectivity index (χ4n) is 5.96. The van der Waals surface area contributed by atoms with Crippen molar-refractivity contribution in [2.24, 2.45) is 16.7 Å². The summed E-state index contributed by atoms with van der Waals surface area (Å²) in [5.74, 6) is -3.23. The molecule has 0 saturated carbocycles. The predicted octanol–water partition coefficient (Wildman–Crippen LogP) is 3.21. The molecular formula is C23H30N4O6. The Morgan fingerprint density at radius 3 is 2.45 bits per heavy atom. The summed E-state index contributed by atoms with van der Waals surface area (Å²) in [6.45, 7) is 6.98. The molecule has 2 heterocycles. The lowest BCUT2D eigenvalue weighted by atomic mass is 9.47. The third kappa shape index (κ3) is 3.68. The van der Waals surface area contributed by atoms with Gasteiger partial charge >= 0.3 is 11.9 Å². The van der Waals surface area contributed by atoms with Crippen molar-refractivity contribution in [3.8, 4) is 0 Å². The number of aliphatic carboxylic acids is 2. The molecular weight excluding hydrogens is 428 g/mol. The van der Waals surface area contributed by atoms with Crippen molar-refractivity contribution in [1.82, 2.24) is 15.3 Å². The van der Waals surface area contributed by atoms with Crippen LogP contribution in [0.2, 0.25) is 0 Å². The van der Waals surface area contributed by atoms with Crippen molar-refractivity contribution >= 4 is 17.6 Å². The van der Waals surface area contributed by atoms with E-state index in [0.717, 1.165) is 0 Å². The first kappa shape index (κ1) is 24.4. The number of hydrogen-bond donors (Lipinski definition) is 4. The van der Waals surface area contributed by atoms with Crippen molar-refractivity contribution in [3.63, 3.8) is 0 Å². The number of carboxylic acids is 2. The zero-order valence-corrected chi connectivity index (χ0v) is 19.1. The molecule has 0 spiro atoms. The highest BCUT2D eigenvalue weighted by atomic mass is 16.6. The molecule has 10 nitrogen and oxygen atoms in total. The summed E-state index contributed by atoms with van der Waals surface area (Å²) in [7, 11) is 0. The number of benzene rings is 1. The molecule has 10 heteroatoms. The lowest BCUT2D eigenvalue weighted by Crippen LogP contribution is -2.72. The zero-order chi connectivity index (χ0) is 24.6. The normalized spacial score (nSPS) is 29.7. The van der Waals surface area contributed by atoms with Crippen molar-refractivity contribution in [1.29, 1.82) is 0 Å². The summed E-state index contributed by atoms with van der Waals surface area (Å²) in [5.41, 5.74) is -2.98. The number of imidazole rings is 1. The summed E-state index contributed by atoms with van der Waals surface area (Å²) < 4.78 is 0. The Bertz CT molecular complexity index is 1040. The van der Waals surface area contributed by atoms with Gasteiger partial charge in [-0.1, -0.05) is 32.9 Å². The number of non-ortho nitro benzene ring substituents is 1. The fraction of sp³-hybridized carbons (Fsp3) is 0.522. The molecule has 0 bridgehead atoms. The minimum Gasteiger partial charge on any atom is -0.481 e. The van der Waals surface area contributed by atoms with Crippen LogP contribution in [0.4, 0.5) is 5.69 Å². The quantitative estimate of drug-likeness (QED) is 0.347. The highest BCUT2D eigenvalue weighted by molar-refractivity contribution is 5.84. The molecule has 2 aromatic rings. The number of H-pyrrole nitrogens is 1. The molecule has 0 amide bonds. The van der Waals surface area contributed by atoms with Crippen LogP contribution in [-0.2, 0) is 16.0 Å². The molecule has 1 aromatic heterocycles. The first-order chi connectivity index (χ1) is 15.5. The van der Waals surface area contributed by atoms with Gasteiger partial charge < -0.3 is 20.5 Å². The van der Waals surface area contributed by atoms with Gasteiger partial charge in [0, 0.05) is 48.9 Å². The van der Waals surface area contributed by atoms with Crippen molar-refractivity contribution < 1.29 is 24.7 Å². The lowest BCUT2D eigenvalue weighted by molar-refractivity contribution is -0.385. The maximum absolute atomic E-state index is 13.1. The number of carboxylic acid groups (broad SMARTS) is 2. The average molecular weight is 459 g/mol. The molecule has 4 N–H and O–H groups in total. The van der Waals surface area contributed by atoms with E-state index in [1.165, 1.54) is 18.2 Å². The number of aromatic amines is 1. The molecule has 0 aliphatic carbocycles. The van der Waals surface area contributed by atoms with Crippen molar-refractivity contribution in [3.05, 3.63) is 58.2 Å². The topological polar surface area (TPSA) is 158 Å². The van der Waals surface area contributed by atoms with Crippen LogP contribution in [-0.4, -0.2) is 49.1 Å². The van der Waals surface area contributed by atoms with Gasteiger partial charge in [-0.05, 0) is 24.8 Å². The number of aromatic nitrogens is 2. The summed E-state index contributed by atoms with van der Waals surface area (Å²) in [4.78, 5) is 44.3. The standard InChI is InChI=1S/C23H30N4O6/c1-5-22(20(28)29)17(12-18-24-9-10-25-18)26-14(4)23(13(2)3,21(30)31)19(22)15-7-6-8-16(11-15)27(32)33/h6-11,13-14,17,19,26H,5,12H2,1-4H3,(H,24,25)(H,28,29)(H,30,31). The van der Waals surface area contributed by atoms with Crippen LogP contribution < -0.4 is 5.32 Å². The highest BCUT2D eigenvalue weighted by Gasteiger charge is 2.68. The smallest absolute Gasteiger partial charge is 0.312 e. The second kappa shape index (κ2) is 8.93. The van der Waals surface area contributed by atoms with Crippen molar-refractivity contribution in [2.75, 3.05) is 0 Å². The van der Waals surface area contributed by atoms with Crippen LogP contribution in [0.25, 0.3) is 0 Å². The number of nitrogens with one attached hydrogen (secondary N) is 2. The van der Waals surface area contributed by atoms with Gasteiger partial charge in [0.05, 0.1) is 15.8 Å². The fourth-order valence-corrected chi connectivity index (χ4v) is 5.96. The van der Waals surface area contributed by atoms with E-state index in [-0.39, 0.29) is 18.5 Å². The van der Waals surface area contributed by atoms with Crippen molar-refractivity contribution in [2.45, 2.75) is 58.5 Å². The molecule has 5 atom stereocenters. The second-order valence-electron chi connectivity index (χ2n) is 9.06. The molecule has 1 fully saturated rings. The average Bonchev–Trinajstić information content (AvgIpc) is 3.26. The second-order valence-corrected chi connectivity index (χ2v) is 9.06. The first-order valence-corrected chi connectivity index (χ1v) is 11.0. The predicted molar refractivity (Wildman–Crippen MR) is 120 cm³/mol. The van der Waals surface area contributed by atoms with Crippen LogP contribution in [0.15, 0.2) is 36.7 Å². The molecule has 1 aliphatic heterocycles. The number of piperidine rings is 1. The number of nitro benzene ring substituents is 1. The number of carbonyl (C=O) groups is 2. The van der Waals surface area contributed by atoms with E-state index < -0.39 is 51.6 Å². The van der Waals surface area contributed by atoms with E-state index in [1.54, 1.807) is 46.2 Å². The van der Waals surface area contributed by atoms with E-state index in [9.17, 15) is 29.9 Å². The number of hydrogen-bond acceptors (Lipinski definition) is 6. The zero-order valence-electron chi connectivity index (χ0n) is 19.1. The number of nitrogens with zero attached hydrogens (tertiary/aromatic N) is 2. The van der Waals surface area contributed by atoms with Crippen LogP contribution in [0, 0.1) is 26.9 Å². The third-order valence-corrected chi connectivity index (χ3v) is 7.46. The van der Waals surface area contributed by atoms with E-state index in [1.807, 2.05) is 0 Å². The Labute approximate surface area is 191 Å². The van der Waals surface area contributed by atoms with Gasteiger partial charge in [-0.2, -0.15) is 0 Å². The minimum absolute atomic E-state index is 0.114. The van der Waals surface area contributed by atoms with Gasteiger partial charge in [0.15, 0.2) is 0 Å². The van der Waals surface area contributed by atoms with Crippen LogP contribution >= 0.6 is 0 Å². The van der Waals surface area contributed by atoms with Gasteiger partial charge in [-0.3, -0.25) is 19.7 Å². The lowest BCUT2D eigenvalue weighted by Gasteiger charge is -2.59. The Kier molecular flexibility index (Phi) is 6.60. The van der Waals surface area contributed by atoms with E-state index in [4.69, 9.17) is 0 Å². The minimum atomic E-state index is -1.57. The van der Waals surface area contributed by atoms with Gasteiger partial charge in [0.1, 0.15) is 5.82 Å². The maximum Gasteiger partial charge on any atom is 0.312 e.